The number of amides is 3. The molecule has 0 fully saturated rings. The highest BCUT2D eigenvalue weighted by Gasteiger charge is 2.29. The third kappa shape index (κ3) is 7.99. The van der Waals surface area contributed by atoms with E-state index in [1.54, 1.807) is 6.20 Å². The largest absolute Gasteiger partial charge is 0.480 e. The fourth-order valence-corrected chi connectivity index (χ4v) is 4.15. The van der Waals surface area contributed by atoms with Gasteiger partial charge in [0.05, 0.1) is 6.04 Å². The van der Waals surface area contributed by atoms with Gasteiger partial charge in [-0.3, -0.25) is 14.4 Å². The molecule has 0 aliphatic heterocycles. The summed E-state index contributed by atoms with van der Waals surface area (Å²) in [7, 11) is 0. The van der Waals surface area contributed by atoms with Crippen LogP contribution in [0.1, 0.15) is 39.2 Å². The molecule has 11 heteroatoms. The monoisotopic (exact) mass is 519 g/mol. The van der Waals surface area contributed by atoms with E-state index in [2.05, 4.69) is 20.9 Å². The third-order valence-corrected chi connectivity index (χ3v) is 6.91. The molecule has 0 spiro atoms. The van der Waals surface area contributed by atoms with E-state index in [-0.39, 0.29) is 12.3 Å². The van der Waals surface area contributed by atoms with Crippen molar-refractivity contribution in [3.8, 4) is 0 Å². The van der Waals surface area contributed by atoms with Gasteiger partial charge in [-0.25, -0.2) is 4.79 Å². The molecule has 198 valence electrons. The standard InChI is InChI=1S/C25H37N5O5S/c1-5-14(2)21(26)24(33)29-19(10-11-36-4)23(32)28-15(3)22(31)30-20(25(34)35)12-16-13-27-18-9-7-6-8-17(16)18/h6-9,13-15,19-21,27H,5,10-12,26H2,1-4H3,(H,28,32)(H,29,33)(H,30,31)(H,34,35). The van der Waals surface area contributed by atoms with E-state index in [1.165, 1.54) is 18.7 Å². The molecule has 1 aromatic heterocycles. The number of benzene rings is 1. The molecule has 5 atom stereocenters. The van der Waals surface area contributed by atoms with Gasteiger partial charge in [-0.1, -0.05) is 38.5 Å². The van der Waals surface area contributed by atoms with Crippen LogP contribution >= 0.6 is 11.8 Å². The lowest BCUT2D eigenvalue weighted by atomic mass is 9.99. The van der Waals surface area contributed by atoms with Crippen molar-refractivity contribution in [2.45, 2.75) is 64.2 Å². The van der Waals surface area contributed by atoms with E-state index in [0.717, 1.165) is 22.9 Å². The number of hydrogen-bond acceptors (Lipinski definition) is 6. The van der Waals surface area contributed by atoms with Crippen molar-refractivity contribution < 1.29 is 24.3 Å². The molecule has 0 saturated carbocycles. The first-order chi connectivity index (χ1) is 17.1. The minimum Gasteiger partial charge on any atom is -0.480 e. The molecule has 2 rings (SSSR count). The average molecular weight is 520 g/mol. The van der Waals surface area contributed by atoms with Crippen molar-refractivity contribution in [1.82, 2.24) is 20.9 Å². The Morgan fingerprint density at radius 2 is 1.69 bits per heavy atom. The first kappa shape index (κ1) is 29.2. The van der Waals surface area contributed by atoms with Gasteiger partial charge in [0.1, 0.15) is 18.1 Å². The van der Waals surface area contributed by atoms with Crippen LogP contribution in [0.5, 0.6) is 0 Å². The molecule has 0 saturated heterocycles. The van der Waals surface area contributed by atoms with E-state index in [0.29, 0.717) is 12.2 Å². The number of hydrogen-bond donors (Lipinski definition) is 6. The lowest BCUT2D eigenvalue weighted by Gasteiger charge is -2.24. The Kier molecular flexibility index (Phi) is 11.3. The van der Waals surface area contributed by atoms with E-state index in [4.69, 9.17) is 5.73 Å². The number of carboxylic acids is 1. The second-order valence-electron chi connectivity index (χ2n) is 8.95. The zero-order chi connectivity index (χ0) is 26.8. The molecule has 1 aromatic carbocycles. The minimum atomic E-state index is -1.18. The van der Waals surface area contributed by atoms with Gasteiger partial charge in [0, 0.05) is 23.5 Å². The maximum atomic E-state index is 12.9. The summed E-state index contributed by atoms with van der Waals surface area (Å²) in [5.74, 6) is -2.21. The Balaban J connectivity index is 2.03. The number of fused-ring (bicyclic) bond motifs is 1. The van der Waals surface area contributed by atoms with E-state index in [1.807, 2.05) is 44.4 Å². The summed E-state index contributed by atoms with van der Waals surface area (Å²) in [5, 5.41) is 18.4. The summed E-state index contributed by atoms with van der Waals surface area (Å²) < 4.78 is 0. The summed E-state index contributed by atoms with van der Waals surface area (Å²) in [6.07, 6.45) is 4.76. The van der Waals surface area contributed by atoms with Crippen molar-refractivity contribution in [2.75, 3.05) is 12.0 Å². The van der Waals surface area contributed by atoms with Crippen LogP contribution in [0.4, 0.5) is 0 Å². The zero-order valence-corrected chi connectivity index (χ0v) is 22.0. The highest BCUT2D eigenvalue weighted by molar-refractivity contribution is 7.98. The van der Waals surface area contributed by atoms with Gasteiger partial charge in [0.2, 0.25) is 17.7 Å². The predicted molar refractivity (Wildman–Crippen MR) is 142 cm³/mol. The number of carboxylic acid groups (broad SMARTS) is 1. The maximum Gasteiger partial charge on any atom is 0.326 e. The van der Waals surface area contributed by atoms with Gasteiger partial charge >= 0.3 is 5.97 Å². The number of nitrogens with one attached hydrogen (secondary N) is 4. The molecular weight excluding hydrogens is 482 g/mol. The summed E-state index contributed by atoms with van der Waals surface area (Å²) in [5.41, 5.74) is 7.63. The van der Waals surface area contributed by atoms with Crippen LogP contribution in [0, 0.1) is 5.92 Å². The number of H-pyrrole nitrogens is 1. The number of rotatable bonds is 14. The van der Waals surface area contributed by atoms with Crippen LogP contribution in [-0.2, 0) is 25.6 Å². The van der Waals surface area contributed by atoms with E-state index >= 15 is 0 Å². The summed E-state index contributed by atoms with van der Waals surface area (Å²) in [6, 6.07) is 3.67. The van der Waals surface area contributed by atoms with Crippen LogP contribution in [0.25, 0.3) is 10.9 Å². The summed E-state index contributed by atoms with van der Waals surface area (Å²) in [4.78, 5) is 53.2. The number of nitrogens with two attached hydrogens (primary N) is 1. The second kappa shape index (κ2) is 13.9. The smallest absolute Gasteiger partial charge is 0.326 e. The molecule has 10 nitrogen and oxygen atoms in total. The van der Waals surface area contributed by atoms with Crippen LogP contribution < -0.4 is 21.7 Å². The molecule has 1 heterocycles. The summed E-state index contributed by atoms with van der Waals surface area (Å²) >= 11 is 1.52. The highest BCUT2D eigenvalue weighted by Crippen LogP contribution is 2.19. The molecule has 7 N–H and O–H groups in total. The minimum absolute atomic E-state index is 0.0518. The zero-order valence-electron chi connectivity index (χ0n) is 21.2. The van der Waals surface area contributed by atoms with Crippen molar-refractivity contribution in [2.24, 2.45) is 11.7 Å². The molecule has 5 unspecified atom stereocenters. The van der Waals surface area contributed by atoms with Crippen molar-refractivity contribution >= 4 is 46.4 Å². The Labute approximate surface area is 215 Å². The van der Waals surface area contributed by atoms with Crippen LogP contribution in [0.3, 0.4) is 0 Å². The first-order valence-corrected chi connectivity index (χ1v) is 13.4. The number of aliphatic carboxylic acids is 1. The van der Waals surface area contributed by atoms with Crippen molar-refractivity contribution in [3.63, 3.8) is 0 Å². The topological polar surface area (TPSA) is 166 Å². The number of carbonyl (C=O) groups excluding carboxylic acids is 3. The van der Waals surface area contributed by atoms with Gasteiger partial charge < -0.3 is 31.8 Å². The van der Waals surface area contributed by atoms with Gasteiger partial charge in [0.25, 0.3) is 0 Å². The second-order valence-corrected chi connectivity index (χ2v) is 9.93. The Hall–Kier alpha value is -3.05. The number of aromatic nitrogens is 1. The van der Waals surface area contributed by atoms with Gasteiger partial charge in [0.15, 0.2) is 0 Å². The SMILES string of the molecule is CCC(C)C(N)C(=O)NC(CCSC)C(=O)NC(C)C(=O)NC(Cc1c[nH]c2ccccc12)C(=O)O. The molecule has 36 heavy (non-hydrogen) atoms. The van der Waals surface area contributed by atoms with Crippen LogP contribution in [0.2, 0.25) is 0 Å². The van der Waals surface area contributed by atoms with Crippen LogP contribution in [-0.4, -0.2) is 70.0 Å². The predicted octanol–water partition coefficient (Wildman–Crippen LogP) is 1.40. The molecular formula is C25H37N5O5S. The fraction of sp³-hybridized carbons (Fsp3) is 0.520. The van der Waals surface area contributed by atoms with Gasteiger partial charge in [-0.2, -0.15) is 11.8 Å². The number of aromatic amines is 1. The van der Waals surface area contributed by atoms with Crippen molar-refractivity contribution in [3.05, 3.63) is 36.0 Å². The van der Waals surface area contributed by atoms with Gasteiger partial charge in [-0.05, 0) is 42.9 Å². The highest BCUT2D eigenvalue weighted by atomic mass is 32.2. The maximum absolute atomic E-state index is 12.9. The quantitative estimate of drug-likeness (QED) is 0.219. The third-order valence-electron chi connectivity index (χ3n) is 6.27. The lowest BCUT2D eigenvalue weighted by Crippen LogP contribution is -2.57. The summed E-state index contributed by atoms with van der Waals surface area (Å²) in [6.45, 7) is 5.26. The number of thioether (sulfide) groups is 1. The van der Waals surface area contributed by atoms with E-state index in [9.17, 15) is 24.3 Å². The molecule has 0 aliphatic rings. The Bertz CT molecular complexity index is 1060. The Morgan fingerprint density at radius 3 is 2.33 bits per heavy atom. The van der Waals surface area contributed by atoms with Crippen LogP contribution in [0.15, 0.2) is 30.5 Å². The fourth-order valence-electron chi connectivity index (χ4n) is 3.68. The first-order valence-electron chi connectivity index (χ1n) is 12.0. The van der Waals surface area contributed by atoms with Gasteiger partial charge in [-0.15, -0.1) is 0 Å². The number of carbonyl (C=O) groups is 4. The molecule has 0 radical (unpaired) electrons. The average Bonchev–Trinajstić information content (AvgIpc) is 3.27. The molecule has 3 amide bonds. The molecule has 0 aliphatic carbocycles. The van der Waals surface area contributed by atoms with E-state index < -0.39 is 47.9 Å². The normalized spacial score (nSPS) is 15.4. The van der Waals surface area contributed by atoms with Crippen molar-refractivity contribution in [1.29, 1.82) is 0 Å². The lowest BCUT2D eigenvalue weighted by molar-refractivity contribution is -0.142. The Morgan fingerprint density at radius 1 is 1.03 bits per heavy atom. The molecule has 0 bridgehead atoms. The molecule has 2 aromatic rings. The number of para-hydroxylation sites is 1.